The van der Waals surface area contributed by atoms with Crippen LogP contribution in [0.5, 0.6) is 0 Å². The number of hydrogen-bond donors (Lipinski definition) is 1. The molecule has 1 atom stereocenters. The van der Waals surface area contributed by atoms with Crippen LogP contribution in [0, 0.1) is 5.82 Å². The highest BCUT2D eigenvalue weighted by Crippen LogP contribution is 2.49. The molecule has 0 saturated heterocycles. The molecule has 1 unspecified atom stereocenters. The van der Waals surface area contributed by atoms with Crippen molar-refractivity contribution in [1.82, 2.24) is 5.32 Å². The van der Waals surface area contributed by atoms with Crippen molar-refractivity contribution in [3.63, 3.8) is 0 Å². The Bertz CT molecular complexity index is 818. The van der Waals surface area contributed by atoms with Gasteiger partial charge in [0.1, 0.15) is 5.82 Å². The minimum absolute atomic E-state index is 0.0728. The van der Waals surface area contributed by atoms with E-state index < -0.39 is 57.7 Å². The fourth-order valence-electron chi connectivity index (χ4n) is 2.58. The summed E-state index contributed by atoms with van der Waals surface area (Å²) in [7, 11) is 0. The monoisotopic (exact) mass is 481 g/mol. The smallest absolute Gasteiger partial charge is 0.440 e. The molecule has 0 saturated carbocycles. The summed E-state index contributed by atoms with van der Waals surface area (Å²) in [6.45, 7) is 2.19. The average Bonchev–Trinajstić information content (AvgIpc) is 3.01. The zero-order valence-electron chi connectivity index (χ0n) is 15.4. The van der Waals surface area contributed by atoms with E-state index in [1.165, 1.54) is 6.92 Å². The van der Waals surface area contributed by atoms with Crippen molar-refractivity contribution in [3.05, 3.63) is 29.0 Å². The summed E-state index contributed by atoms with van der Waals surface area (Å²) in [4.78, 5) is 15.3. The van der Waals surface area contributed by atoms with E-state index in [0.717, 1.165) is 5.32 Å². The lowest BCUT2D eigenvalue weighted by Crippen LogP contribution is -2.77. The van der Waals surface area contributed by atoms with Crippen molar-refractivity contribution in [3.8, 4) is 0 Å². The molecule has 30 heavy (non-hydrogen) atoms. The predicted octanol–water partition coefficient (Wildman–Crippen LogP) is 5.34. The SMILES string of the molecule is CCOC(=O)NC(N(C1=NCC(C)S1)c1ccc(F)c(Cl)c1)(C(F)(F)F)C(F)(F)F. The predicted molar refractivity (Wildman–Crippen MR) is 98.2 cm³/mol. The van der Waals surface area contributed by atoms with E-state index in [1.54, 1.807) is 6.92 Å². The number of thioether (sulfide) groups is 1. The number of carbonyl (C=O) groups excluding carboxylic acids is 1. The third kappa shape index (κ3) is 4.56. The number of amidine groups is 1. The number of anilines is 1. The highest BCUT2D eigenvalue weighted by molar-refractivity contribution is 8.15. The Morgan fingerprint density at radius 2 is 1.90 bits per heavy atom. The van der Waals surface area contributed by atoms with Gasteiger partial charge in [-0.25, -0.2) is 9.18 Å². The maximum atomic E-state index is 14.1. The summed E-state index contributed by atoms with van der Waals surface area (Å²) in [5, 5.41) is -0.927. The number of amides is 1. The quantitative estimate of drug-likeness (QED) is 0.466. The number of nitrogens with zero attached hydrogens (tertiary/aromatic N) is 2. The fourth-order valence-corrected chi connectivity index (χ4v) is 3.76. The third-order valence-electron chi connectivity index (χ3n) is 3.86. The Balaban J connectivity index is 2.83. The van der Waals surface area contributed by atoms with E-state index in [2.05, 4.69) is 9.73 Å². The largest absolute Gasteiger partial charge is 0.450 e. The van der Waals surface area contributed by atoms with E-state index in [4.69, 9.17) is 11.6 Å². The lowest BCUT2D eigenvalue weighted by molar-refractivity contribution is -0.301. The normalized spacial score (nSPS) is 17.5. The Morgan fingerprint density at radius 1 is 1.30 bits per heavy atom. The molecule has 0 radical (unpaired) electrons. The van der Waals surface area contributed by atoms with Gasteiger partial charge in [0, 0.05) is 10.9 Å². The van der Waals surface area contributed by atoms with Crippen molar-refractivity contribution in [1.29, 1.82) is 0 Å². The Kier molecular flexibility index (Phi) is 7.06. The highest BCUT2D eigenvalue weighted by atomic mass is 35.5. The van der Waals surface area contributed by atoms with Crippen LogP contribution >= 0.6 is 23.4 Å². The second kappa shape index (κ2) is 8.69. The summed E-state index contributed by atoms with van der Waals surface area (Å²) in [5.74, 6) is -1.06. The van der Waals surface area contributed by atoms with Gasteiger partial charge in [-0.1, -0.05) is 30.3 Å². The molecule has 0 fully saturated rings. The number of ether oxygens (including phenoxy) is 1. The van der Waals surface area contributed by atoms with Crippen LogP contribution in [-0.4, -0.2) is 47.7 Å². The fraction of sp³-hybridized carbons (Fsp3) is 0.500. The molecular weight excluding hydrogens is 467 g/mol. The van der Waals surface area contributed by atoms with E-state index in [9.17, 15) is 35.5 Å². The molecule has 0 aromatic heterocycles. The molecule has 14 heteroatoms. The van der Waals surface area contributed by atoms with Crippen molar-refractivity contribution in [2.45, 2.75) is 37.1 Å². The van der Waals surface area contributed by atoms with Gasteiger partial charge in [0.15, 0.2) is 5.17 Å². The molecule has 1 aliphatic heterocycles. The zero-order chi connectivity index (χ0) is 22.9. The molecule has 1 N–H and O–H groups in total. The van der Waals surface area contributed by atoms with Gasteiger partial charge in [0.2, 0.25) is 0 Å². The number of hydrogen-bond acceptors (Lipinski definition) is 5. The summed E-state index contributed by atoms with van der Waals surface area (Å²) >= 11 is 6.23. The van der Waals surface area contributed by atoms with Gasteiger partial charge in [-0.2, -0.15) is 26.3 Å². The topological polar surface area (TPSA) is 53.9 Å². The van der Waals surface area contributed by atoms with Crippen LogP contribution in [0.25, 0.3) is 0 Å². The van der Waals surface area contributed by atoms with Crippen LogP contribution in [0.4, 0.5) is 41.2 Å². The molecule has 1 heterocycles. The summed E-state index contributed by atoms with van der Waals surface area (Å²) in [6, 6.07) is 1.87. The van der Waals surface area contributed by atoms with Crippen LogP contribution < -0.4 is 10.2 Å². The maximum Gasteiger partial charge on any atom is 0.440 e. The summed E-state index contributed by atoms with van der Waals surface area (Å²) in [6.07, 6.45) is -14.2. The molecule has 0 bridgehead atoms. The van der Waals surface area contributed by atoms with E-state index in [-0.39, 0.29) is 11.4 Å². The Morgan fingerprint density at radius 3 is 2.33 bits per heavy atom. The van der Waals surface area contributed by atoms with Gasteiger partial charge in [-0.3, -0.25) is 15.2 Å². The molecule has 0 spiro atoms. The number of halogens is 8. The van der Waals surface area contributed by atoms with Crippen LogP contribution in [0.1, 0.15) is 13.8 Å². The minimum atomic E-state index is -6.10. The van der Waals surface area contributed by atoms with Crippen molar-refractivity contribution in [2.24, 2.45) is 4.99 Å². The van der Waals surface area contributed by atoms with Gasteiger partial charge < -0.3 is 4.74 Å². The molecule has 2 rings (SSSR count). The van der Waals surface area contributed by atoms with Crippen molar-refractivity contribution < 1.29 is 40.3 Å². The number of nitrogens with one attached hydrogen (secondary N) is 1. The van der Waals surface area contributed by atoms with Crippen LogP contribution in [0.3, 0.4) is 0 Å². The third-order valence-corrected chi connectivity index (χ3v) is 5.22. The zero-order valence-corrected chi connectivity index (χ0v) is 16.9. The first-order valence-corrected chi connectivity index (χ1v) is 9.55. The molecule has 1 amide bonds. The lowest BCUT2D eigenvalue weighted by Gasteiger charge is -2.45. The van der Waals surface area contributed by atoms with Crippen molar-refractivity contribution >= 4 is 40.3 Å². The molecule has 1 aromatic carbocycles. The summed E-state index contributed by atoms with van der Waals surface area (Å²) < 4.78 is 103. The molecule has 5 nitrogen and oxygen atoms in total. The first kappa shape index (κ1) is 24.4. The number of alkyl carbamates (subject to hydrolysis) is 1. The van der Waals surface area contributed by atoms with Gasteiger partial charge in [-0.05, 0) is 25.1 Å². The number of benzene rings is 1. The van der Waals surface area contributed by atoms with Gasteiger partial charge in [0.25, 0.3) is 0 Å². The second-order valence-electron chi connectivity index (χ2n) is 6.04. The van der Waals surface area contributed by atoms with Crippen LogP contribution in [0.2, 0.25) is 5.02 Å². The standard InChI is InChI=1S/C16H15ClF7N3O2S/c1-3-29-13(28)26-14(15(19,20)21,16(22,23)24)27(12-25-7-8(2)30-12)9-4-5-11(18)10(17)6-9/h4-6,8H,3,7H2,1-2H3,(H,26,28). The minimum Gasteiger partial charge on any atom is -0.450 e. The van der Waals surface area contributed by atoms with Gasteiger partial charge in [0.05, 0.1) is 18.2 Å². The Labute approximate surface area is 175 Å². The molecule has 1 aliphatic rings. The highest BCUT2D eigenvalue weighted by Gasteiger charge is 2.77. The Hall–Kier alpha value is -1.89. The van der Waals surface area contributed by atoms with E-state index >= 15 is 0 Å². The maximum absolute atomic E-state index is 14.1. The van der Waals surface area contributed by atoms with E-state index in [1.807, 2.05) is 0 Å². The molecular formula is C16H15ClF7N3O2S. The van der Waals surface area contributed by atoms with Gasteiger partial charge >= 0.3 is 24.1 Å². The summed E-state index contributed by atoms with van der Waals surface area (Å²) in [5.41, 5.74) is -5.75. The van der Waals surface area contributed by atoms with Crippen molar-refractivity contribution in [2.75, 3.05) is 18.1 Å². The first-order valence-electron chi connectivity index (χ1n) is 8.29. The van der Waals surface area contributed by atoms with E-state index in [0.29, 0.717) is 30.0 Å². The first-order chi connectivity index (χ1) is 13.7. The molecule has 168 valence electrons. The number of alkyl halides is 6. The second-order valence-corrected chi connectivity index (χ2v) is 7.85. The van der Waals surface area contributed by atoms with Crippen LogP contribution in [0.15, 0.2) is 23.2 Å². The number of aliphatic imine (C=N–C) groups is 1. The molecule has 0 aliphatic carbocycles. The number of carbonyl (C=O) groups is 1. The van der Waals surface area contributed by atoms with Gasteiger partial charge in [-0.15, -0.1) is 0 Å². The average molecular weight is 482 g/mol. The number of rotatable bonds is 4. The molecule has 1 aromatic rings. The van der Waals surface area contributed by atoms with Crippen LogP contribution in [-0.2, 0) is 4.74 Å². The lowest BCUT2D eigenvalue weighted by atomic mass is 10.1.